The summed E-state index contributed by atoms with van der Waals surface area (Å²) >= 11 is 3.37. The summed E-state index contributed by atoms with van der Waals surface area (Å²) in [7, 11) is 1.67. The highest BCUT2D eigenvalue weighted by Crippen LogP contribution is 2.31. The molecule has 2 aromatic rings. The Morgan fingerprint density at radius 3 is 2.72 bits per heavy atom. The van der Waals surface area contributed by atoms with Crippen LogP contribution in [-0.4, -0.2) is 16.9 Å². The van der Waals surface area contributed by atoms with Gasteiger partial charge in [-0.05, 0) is 35.8 Å². The van der Waals surface area contributed by atoms with E-state index in [9.17, 15) is 0 Å². The van der Waals surface area contributed by atoms with Crippen LogP contribution in [0.2, 0.25) is 0 Å². The van der Waals surface area contributed by atoms with Gasteiger partial charge in [-0.25, -0.2) is 4.68 Å². The minimum atomic E-state index is 0.0196. The molecule has 0 saturated carbocycles. The number of anilines is 1. The van der Waals surface area contributed by atoms with E-state index in [-0.39, 0.29) is 6.04 Å². The number of rotatable bonds is 3. The lowest BCUT2D eigenvalue weighted by Gasteiger charge is -2.18. The number of ether oxygens (including phenoxy) is 1. The van der Waals surface area contributed by atoms with Crippen LogP contribution in [0.5, 0.6) is 5.75 Å². The zero-order valence-electron chi connectivity index (χ0n) is 10.6. The van der Waals surface area contributed by atoms with Gasteiger partial charge in [-0.1, -0.05) is 17.7 Å². The molecule has 0 fully saturated rings. The monoisotopic (exact) mass is 309 g/mol. The van der Waals surface area contributed by atoms with Crippen molar-refractivity contribution in [3.8, 4) is 5.75 Å². The number of benzene rings is 1. The molecule has 0 amide bonds. The van der Waals surface area contributed by atoms with E-state index in [1.165, 1.54) is 5.56 Å². The summed E-state index contributed by atoms with van der Waals surface area (Å²) in [5.74, 6) is 1.46. The molecule has 4 nitrogen and oxygen atoms in total. The number of hydrogen-bond donors (Lipinski definition) is 1. The van der Waals surface area contributed by atoms with Crippen molar-refractivity contribution in [1.29, 1.82) is 0 Å². The Morgan fingerprint density at radius 2 is 2.17 bits per heavy atom. The Balaban J connectivity index is 2.48. The van der Waals surface area contributed by atoms with E-state index in [4.69, 9.17) is 10.5 Å². The number of hydrogen-bond acceptors (Lipinski definition) is 3. The molecule has 0 saturated heterocycles. The largest absolute Gasteiger partial charge is 0.496 e. The van der Waals surface area contributed by atoms with Crippen LogP contribution in [0.3, 0.4) is 0 Å². The highest BCUT2D eigenvalue weighted by molar-refractivity contribution is 9.10. The summed E-state index contributed by atoms with van der Waals surface area (Å²) in [6.07, 6.45) is 1.70. The van der Waals surface area contributed by atoms with E-state index < -0.39 is 0 Å². The first-order valence-electron chi connectivity index (χ1n) is 5.67. The molecule has 1 unspecified atom stereocenters. The number of halogens is 1. The van der Waals surface area contributed by atoms with Crippen LogP contribution in [0.1, 0.15) is 24.1 Å². The van der Waals surface area contributed by atoms with E-state index >= 15 is 0 Å². The van der Waals surface area contributed by atoms with Crippen molar-refractivity contribution in [2.45, 2.75) is 19.9 Å². The van der Waals surface area contributed by atoms with E-state index in [1.807, 2.05) is 19.1 Å². The van der Waals surface area contributed by atoms with E-state index in [1.54, 1.807) is 18.0 Å². The quantitative estimate of drug-likeness (QED) is 0.947. The van der Waals surface area contributed by atoms with Crippen molar-refractivity contribution in [2.75, 3.05) is 12.8 Å². The summed E-state index contributed by atoms with van der Waals surface area (Å²) in [6.45, 7) is 4.10. The first-order valence-corrected chi connectivity index (χ1v) is 6.47. The molecule has 5 heteroatoms. The fourth-order valence-electron chi connectivity index (χ4n) is 1.97. The smallest absolute Gasteiger partial charge is 0.136 e. The zero-order valence-corrected chi connectivity index (χ0v) is 12.2. The van der Waals surface area contributed by atoms with Gasteiger partial charge in [0, 0.05) is 5.56 Å². The lowest BCUT2D eigenvalue weighted by atomic mass is 10.0. The van der Waals surface area contributed by atoms with Gasteiger partial charge in [0.25, 0.3) is 0 Å². The SMILES string of the molecule is COc1ccc(C)cc1C(C)n1ncc(Br)c1N. The van der Waals surface area contributed by atoms with Gasteiger partial charge in [-0.3, -0.25) is 0 Å². The maximum absolute atomic E-state index is 5.98. The molecule has 0 bridgehead atoms. The van der Waals surface area contributed by atoms with Crippen molar-refractivity contribution >= 4 is 21.7 Å². The van der Waals surface area contributed by atoms with Crippen LogP contribution < -0.4 is 10.5 Å². The molecule has 1 atom stereocenters. The fraction of sp³-hybridized carbons (Fsp3) is 0.308. The zero-order chi connectivity index (χ0) is 13.3. The number of aryl methyl sites for hydroxylation is 1. The lowest BCUT2D eigenvalue weighted by molar-refractivity contribution is 0.401. The topological polar surface area (TPSA) is 53.1 Å². The van der Waals surface area contributed by atoms with Gasteiger partial charge in [-0.2, -0.15) is 5.10 Å². The predicted octanol–water partition coefficient (Wildman–Crippen LogP) is 3.15. The first-order chi connectivity index (χ1) is 8.54. The lowest BCUT2D eigenvalue weighted by Crippen LogP contribution is -2.12. The molecule has 0 aliphatic carbocycles. The van der Waals surface area contributed by atoms with Gasteiger partial charge in [0.1, 0.15) is 11.6 Å². The van der Waals surface area contributed by atoms with Gasteiger partial charge >= 0.3 is 0 Å². The summed E-state index contributed by atoms with van der Waals surface area (Å²) < 4.78 is 7.98. The van der Waals surface area contributed by atoms with E-state index in [0.717, 1.165) is 15.8 Å². The molecular formula is C13H16BrN3O. The third-order valence-electron chi connectivity index (χ3n) is 2.99. The van der Waals surface area contributed by atoms with Crippen molar-refractivity contribution in [2.24, 2.45) is 0 Å². The molecule has 2 rings (SSSR count). The van der Waals surface area contributed by atoms with Crippen molar-refractivity contribution in [3.05, 3.63) is 40.0 Å². The molecule has 0 aliphatic rings. The van der Waals surface area contributed by atoms with Crippen molar-refractivity contribution < 1.29 is 4.74 Å². The molecule has 0 spiro atoms. The minimum Gasteiger partial charge on any atom is -0.496 e. The van der Waals surface area contributed by atoms with Gasteiger partial charge in [0.2, 0.25) is 0 Å². The van der Waals surface area contributed by atoms with Crippen molar-refractivity contribution in [1.82, 2.24) is 9.78 Å². The Hall–Kier alpha value is -1.49. The first kappa shape index (κ1) is 13.0. The number of nitrogens with zero attached hydrogens (tertiary/aromatic N) is 2. The maximum atomic E-state index is 5.98. The minimum absolute atomic E-state index is 0.0196. The summed E-state index contributed by atoms with van der Waals surface area (Å²) in [5.41, 5.74) is 8.24. The van der Waals surface area contributed by atoms with E-state index in [2.05, 4.69) is 34.0 Å². The second-order valence-corrected chi connectivity index (χ2v) is 5.10. The maximum Gasteiger partial charge on any atom is 0.136 e. The molecule has 2 N–H and O–H groups in total. The van der Waals surface area contributed by atoms with Crippen LogP contribution in [0.4, 0.5) is 5.82 Å². The van der Waals surface area contributed by atoms with Gasteiger partial charge in [0.15, 0.2) is 0 Å². The fourth-order valence-corrected chi connectivity index (χ4v) is 2.24. The summed E-state index contributed by atoms with van der Waals surface area (Å²) in [5, 5.41) is 4.29. The standard InChI is InChI=1S/C13H16BrN3O/c1-8-4-5-12(18-3)10(6-8)9(2)17-13(15)11(14)7-16-17/h4-7,9H,15H2,1-3H3. The number of nitrogens with two attached hydrogens (primary N) is 1. The average Bonchev–Trinajstić information content (AvgIpc) is 2.69. The van der Waals surface area contributed by atoms with Crippen LogP contribution in [0.25, 0.3) is 0 Å². The van der Waals surface area contributed by atoms with Gasteiger partial charge in [-0.15, -0.1) is 0 Å². The third-order valence-corrected chi connectivity index (χ3v) is 3.60. The molecule has 0 radical (unpaired) electrons. The van der Waals surface area contributed by atoms with Crippen LogP contribution in [0.15, 0.2) is 28.9 Å². The normalized spacial score (nSPS) is 12.4. The Bertz CT molecular complexity index is 565. The Morgan fingerprint density at radius 1 is 1.44 bits per heavy atom. The molecular weight excluding hydrogens is 294 g/mol. The summed E-state index contributed by atoms with van der Waals surface area (Å²) in [6, 6.07) is 6.11. The van der Waals surface area contributed by atoms with Crippen molar-refractivity contribution in [3.63, 3.8) is 0 Å². The van der Waals surface area contributed by atoms with Crippen LogP contribution in [-0.2, 0) is 0 Å². The highest BCUT2D eigenvalue weighted by atomic mass is 79.9. The molecule has 96 valence electrons. The Kier molecular flexibility index (Phi) is 3.61. The number of nitrogen functional groups attached to an aromatic ring is 1. The van der Waals surface area contributed by atoms with Gasteiger partial charge in [0.05, 0.1) is 23.8 Å². The molecule has 18 heavy (non-hydrogen) atoms. The van der Waals surface area contributed by atoms with Gasteiger partial charge < -0.3 is 10.5 Å². The average molecular weight is 310 g/mol. The molecule has 1 heterocycles. The second kappa shape index (κ2) is 5.02. The number of aromatic nitrogens is 2. The van der Waals surface area contributed by atoms with E-state index in [0.29, 0.717) is 5.82 Å². The second-order valence-electron chi connectivity index (χ2n) is 4.24. The van der Waals surface area contributed by atoms with Crippen LogP contribution in [0, 0.1) is 6.92 Å². The Labute approximate surface area is 115 Å². The van der Waals surface area contributed by atoms with Crippen LogP contribution >= 0.6 is 15.9 Å². The third kappa shape index (κ3) is 2.22. The molecule has 0 aliphatic heterocycles. The predicted molar refractivity (Wildman–Crippen MR) is 75.9 cm³/mol. The molecule has 1 aromatic carbocycles. The molecule has 1 aromatic heterocycles. The summed E-state index contributed by atoms with van der Waals surface area (Å²) in [4.78, 5) is 0. The highest BCUT2D eigenvalue weighted by Gasteiger charge is 2.17. The number of methoxy groups -OCH3 is 1.